The average Bonchev–Trinajstić information content (AvgIpc) is 2.71. The van der Waals surface area contributed by atoms with Gasteiger partial charge in [0.1, 0.15) is 4.90 Å². The molecule has 8 heteroatoms. The van der Waals surface area contributed by atoms with Gasteiger partial charge in [0.05, 0.1) is 0 Å². The highest BCUT2D eigenvalue weighted by molar-refractivity contribution is 7.98. The molecule has 1 atom stereocenters. The predicted molar refractivity (Wildman–Crippen MR) is 79.7 cm³/mol. The normalized spacial score (nSPS) is 13.6. The Morgan fingerprint density at radius 1 is 1.53 bits per heavy atom. The van der Waals surface area contributed by atoms with Crippen LogP contribution in [0.4, 0.5) is 5.82 Å². The number of anilines is 1. The molecule has 1 aromatic heterocycles. The van der Waals surface area contributed by atoms with Gasteiger partial charge in [-0.3, -0.25) is 4.68 Å². The first-order valence-electron chi connectivity index (χ1n) is 6.28. The van der Waals surface area contributed by atoms with Gasteiger partial charge in [0.25, 0.3) is 0 Å². The Morgan fingerprint density at radius 2 is 2.21 bits per heavy atom. The summed E-state index contributed by atoms with van der Waals surface area (Å²) in [5.74, 6) is 0.790. The zero-order valence-electron chi connectivity index (χ0n) is 11.6. The monoisotopic (exact) mass is 306 g/mol. The van der Waals surface area contributed by atoms with Gasteiger partial charge in [-0.05, 0) is 19.1 Å². The van der Waals surface area contributed by atoms with Crippen molar-refractivity contribution in [1.82, 2.24) is 14.5 Å². The van der Waals surface area contributed by atoms with E-state index in [1.54, 1.807) is 16.4 Å². The molecule has 0 bridgehead atoms. The van der Waals surface area contributed by atoms with E-state index in [0.717, 1.165) is 18.6 Å². The van der Waals surface area contributed by atoms with Gasteiger partial charge in [-0.25, -0.2) is 13.1 Å². The molecule has 0 aromatic carbocycles. The lowest BCUT2D eigenvalue weighted by atomic mass is 10.3. The van der Waals surface area contributed by atoms with Gasteiger partial charge in [-0.2, -0.15) is 16.9 Å². The molecule has 6 nitrogen and oxygen atoms in total. The molecule has 19 heavy (non-hydrogen) atoms. The van der Waals surface area contributed by atoms with Gasteiger partial charge < -0.3 is 5.73 Å². The zero-order valence-corrected chi connectivity index (χ0v) is 13.2. The van der Waals surface area contributed by atoms with Crippen LogP contribution in [0.2, 0.25) is 0 Å². The summed E-state index contributed by atoms with van der Waals surface area (Å²) < 4.78 is 28.8. The highest BCUT2D eigenvalue weighted by Gasteiger charge is 2.23. The first-order chi connectivity index (χ1) is 8.94. The predicted octanol–water partition coefficient (Wildman–Crippen LogP) is 1.30. The van der Waals surface area contributed by atoms with Crippen LogP contribution in [0, 0.1) is 0 Å². The number of nitrogens with two attached hydrogens (primary N) is 1. The summed E-state index contributed by atoms with van der Waals surface area (Å²) in [6.07, 6.45) is 5.05. The third-order valence-electron chi connectivity index (χ3n) is 2.68. The van der Waals surface area contributed by atoms with Crippen LogP contribution in [0.15, 0.2) is 11.1 Å². The van der Waals surface area contributed by atoms with E-state index in [4.69, 9.17) is 5.73 Å². The van der Waals surface area contributed by atoms with Gasteiger partial charge in [0, 0.05) is 24.5 Å². The van der Waals surface area contributed by atoms with E-state index in [-0.39, 0.29) is 16.8 Å². The number of nitrogen functional groups attached to an aromatic ring is 1. The molecule has 1 unspecified atom stereocenters. The number of rotatable bonds is 8. The third-order valence-corrected chi connectivity index (χ3v) is 4.95. The maximum atomic E-state index is 12.3. The Labute approximate surface area is 119 Å². The summed E-state index contributed by atoms with van der Waals surface area (Å²) >= 11 is 1.61. The van der Waals surface area contributed by atoms with Crippen molar-refractivity contribution >= 4 is 27.6 Å². The van der Waals surface area contributed by atoms with Gasteiger partial charge in [0.15, 0.2) is 5.82 Å². The summed E-state index contributed by atoms with van der Waals surface area (Å²) in [7, 11) is -3.59. The Balaban J connectivity index is 2.93. The number of thioether (sulfide) groups is 1. The van der Waals surface area contributed by atoms with Gasteiger partial charge in [-0.15, -0.1) is 0 Å². The molecule has 3 N–H and O–H groups in total. The summed E-state index contributed by atoms with van der Waals surface area (Å²) in [4.78, 5) is 0.0699. The smallest absolute Gasteiger partial charge is 0.246 e. The number of hydrogen-bond donors (Lipinski definition) is 2. The lowest BCUT2D eigenvalue weighted by Crippen LogP contribution is -2.36. The van der Waals surface area contributed by atoms with Crippen LogP contribution in [0.5, 0.6) is 0 Å². The number of aryl methyl sites for hydroxylation is 1. The fourth-order valence-corrected chi connectivity index (χ4v) is 3.91. The van der Waals surface area contributed by atoms with Gasteiger partial charge in [-0.1, -0.05) is 13.8 Å². The quantitative estimate of drug-likeness (QED) is 0.755. The largest absolute Gasteiger partial charge is 0.381 e. The molecular weight excluding hydrogens is 284 g/mol. The summed E-state index contributed by atoms with van der Waals surface area (Å²) in [6.45, 7) is 4.60. The molecule has 0 fully saturated rings. The molecular formula is C11H22N4O2S2. The van der Waals surface area contributed by atoms with Crippen molar-refractivity contribution in [3.8, 4) is 0 Å². The van der Waals surface area contributed by atoms with Crippen LogP contribution >= 0.6 is 11.8 Å². The second-order valence-electron chi connectivity index (χ2n) is 4.32. The molecule has 0 spiro atoms. The van der Waals surface area contributed by atoms with Crippen molar-refractivity contribution in [2.45, 2.75) is 44.2 Å². The van der Waals surface area contributed by atoms with Crippen molar-refractivity contribution < 1.29 is 8.42 Å². The molecule has 0 saturated carbocycles. The number of nitrogens with one attached hydrogen (secondary N) is 1. The molecule has 110 valence electrons. The van der Waals surface area contributed by atoms with E-state index in [0.29, 0.717) is 6.54 Å². The van der Waals surface area contributed by atoms with Gasteiger partial charge >= 0.3 is 0 Å². The topological polar surface area (TPSA) is 90.0 Å². The first kappa shape index (κ1) is 16.3. The molecule has 0 aliphatic heterocycles. The van der Waals surface area contributed by atoms with Crippen LogP contribution in [0.1, 0.15) is 26.7 Å². The van der Waals surface area contributed by atoms with E-state index in [1.165, 1.54) is 6.20 Å². The molecule has 0 aliphatic carbocycles. The molecule has 0 radical (unpaired) electrons. The summed E-state index contributed by atoms with van der Waals surface area (Å²) in [6, 6.07) is -0.0890. The van der Waals surface area contributed by atoms with Crippen LogP contribution < -0.4 is 10.5 Å². The Morgan fingerprint density at radius 3 is 2.74 bits per heavy atom. The molecule has 1 aromatic rings. The minimum Gasteiger partial charge on any atom is -0.381 e. The summed E-state index contributed by atoms with van der Waals surface area (Å²) in [5, 5.41) is 4.02. The maximum Gasteiger partial charge on any atom is 0.246 e. The van der Waals surface area contributed by atoms with Crippen molar-refractivity contribution in [2.24, 2.45) is 0 Å². The highest BCUT2D eigenvalue weighted by Crippen LogP contribution is 2.17. The molecule has 0 aliphatic rings. The van der Waals surface area contributed by atoms with Crippen molar-refractivity contribution in [3.05, 3.63) is 6.20 Å². The second kappa shape index (κ2) is 7.16. The fourth-order valence-electron chi connectivity index (χ4n) is 1.69. The maximum absolute atomic E-state index is 12.3. The Kier molecular flexibility index (Phi) is 6.15. The van der Waals surface area contributed by atoms with E-state index in [2.05, 4.69) is 9.82 Å². The zero-order chi connectivity index (χ0) is 14.5. The molecule has 1 heterocycles. The minimum absolute atomic E-state index is 0.0555. The van der Waals surface area contributed by atoms with Crippen LogP contribution in [-0.4, -0.2) is 36.2 Å². The molecule has 0 amide bonds. The lowest BCUT2D eigenvalue weighted by molar-refractivity contribution is 0.557. The average molecular weight is 306 g/mol. The van der Waals surface area contributed by atoms with Crippen molar-refractivity contribution in [2.75, 3.05) is 17.7 Å². The Bertz CT molecular complexity index is 499. The fraction of sp³-hybridized carbons (Fsp3) is 0.727. The van der Waals surface area contributed by atoms with E-state index in [1.807, 2.05) is 20.1 Å². The number of hydrogen-bond acceptors (Lipinski definition) is 5. The SMILES string of the molecule is CCCn1cc(S(=O)(=O)NC(CC)CSC)c(N)n1. The number of aromatic nitrogens is 2. The van der Waals surface area contributed by atoms with Crippen molar-refractivity contribution in [3.63, 3.8) is 0 Å². The second-order valence-corrected chi connectivity index (χ2v) is 6.92. The number of sulfonamides is 1. The highest BCUT2D eigenvalue weighted by atomic mass is 32.2. The minimum atomic E-state index is -3.59. The number of nitrogens with zero attached hydrogens (tertiary/aromatic N) is 2. The van der Waals surface area contributed by atoms with Gasteiger partial charge in [0.2, 0.25) is 10.0 Å². The van der Waals surface area contributed by atoms with Crippen LogP contribution in [0.3, 0.4) is 0 Å². The first-order valence-corrected chi connectivity index (χ1v) is 9.16. The molecule has 1 rings (SSSR count). The van der Waals surface area contributed by atoms with E-state index in [9.17, 15) is 8.42 Å². The van der Waals surface area contributed by atoms with E-state index < -0.39 is 10.0 Å². The van der Waals surface area contributed by atoms with E-state index >= 15 is 0 Å². The third kappa shape index (κ3) is 4.39. The van der Waals surface area contributed by atoms with Crippen LogP contribution in [0.25, 0.3) is 0 Å². The van der Waals surface area contributed by atoms with Crippen LogP contribution in [-0.2, 0) is 16.6 Å². The van der Waals surface area contributed by atoms with Crippen molar-refractivity contribution in [1.29, 1.82) is 0 Å². The Hall–Kier alpha value is -0.730. The standard InChI is InChI=1S/C11H22N4O2S2/c1-4-6-15-7-10(11(12)13-15)19(16,17)14-9(5-2)8-18-3/h7,9,14H,4-6,8H2,1-3H3,(H2,12,13). The summed E-state index contributed by atoms with van der Waals surface area (Å²) in [5.41, 5.74) is 5.69. The molecule has 0 saturated heterocycles. The lowest BCUT2D eigenvalue weighted by Gasteiger charge is -2.15.